The van der Waals surface area contributed by atoms with Crippen molar-refractivity contribution in [2.45, 2.75) is 317 Å². The zero-order valence-electron chi connectivity index (χ0n) is 72.7. The number of esters is 2. The standard InChI is InChI=1S/C107H138F4O8/c1-5-9-13-17-33-41-71-114-100-67-57-86(79-96(100)108)51-49-84-53-61-90(63-55-88-59-69-102(98(110)81-88)116-73-43-35-19-15-11-7-3)92(77-84)47-39-31-27-23-21-25-29-37-45-75-118-106(112)104-94-65-66-95(83-94)105(104)107(113)119-76-46-38-30-26-22-24-28-32-40-48-93-78-85(50-52-87-58-68-101(97(109)80-87)115-72-42-34-18-14-10-6-2)54-62-91(93)64-56-89-60-70-103(99(111)82-89)117-74-44-36-20-16-12-8-4/h53-54,57-62,65-70,77-82,94-95,104-105H,5-48,71-76,83H2,1-4H3/t94?,95?,104-,105-/m1/s1. The van der Waals surface area contributed by atoms with Crippen molar-refractivity contribution < 1.29 is 55.6 Å². The van der Waals surface area contributed by atoms with E-state index in [1.165, 1.54) is 127 Å². The van der Waals surface area contributed by atoms with Crippen molar-refractivity contribution in [3.8, 4) is 70.4 Å². The highest BCUT2D eigenvalue weighted by atomic mass is 19.1. The average Bonchev–Trinajstić information content (AvgIpc) is 1.61. The first-order chi connectivity index (χ1) is 58.4. The SMILES string of the molecule is CCCCCCCCOc1ccc(C#Cc2ccc(C#Cc3ccc(OCCCCCCCC)c(F)c3)c(CCCCCCCCCCCOC(=O)[C@@H]3C4C=CC(C4)[C@H]3C(=O)OCCCCCCCCCCCc3cc(C#Cc4ccc(OCCCCCCCC)c(F)c4)ccc3C#Cc3ccc(OCCCCCCCC)c(F)c3)c2)cc1F. The van der Waals surface area contributed by atoms with Crippen LogP contribution in [0.5, 0.6) is 23.0 Å². The summed E-state index contributed by atoms with van der Waals surface area (Å²) in [6.07, 6.45) is 52.5. The Hall–Kier alpha value is -8.84. The van der Waals surface area contributed by atoms with Gasteiger partial charge in [-0.3, -0.25) is 9.59 Å². The lowest BCUT2D eigenvalue weighted by Gasteiger charge is -2.25. The predicted octanol–water partition coefficient (Wildman–Crippen LogP) is 28.1. The lowest BCUT2D eigenvalue weighted by molar-refractivity contribution is -0.161. The number of rotatable bonds is 58. The largest absolute Gasteiger partial charge is 0.491 e. The molecule has 8 rings (SSSR count). The maximum absolute atomic E-state index is 15.2. The van der Waals surface area contributed by atoms with Gasteiger partial charge < -0.3 is 28.4 Å². The van der Waals surface area contributed by atoms with Gasteiger partial charge in [-0.05, 0) is 203 Å². The number of carbonyl (C=O) groups is 2. The fourth-order valence-corrected chi connectivity index (χ4v) is 15.9. The Balaban J connectivity index is 0.706. The van der Waals surface area contributed by atoms with E-state index in [1.807, 2.05) is 36.4 Å². The van der Waals surface area contributed by atoms with Crippen LogP contribution >= 0.6 is 0 Å². The second kappa shape index (κ2) is 58.2. The Morgan fingerprint density at radius 1 is 0.277 bits per heavy atom. The first-order valence-corrected chi connectivity index (χ1v) is 46.5. The van der Waals surface area contributed by atoms with Crippen molar-refractivity contribution in [2.24, 2.45) is 23.7 Å². The van der Waals surface area contributed by atoms with Crippen molar-refractivity contribution in [3.05, 3.63) is 200 Å². The minimum Gasteiger partial charge on any atom is -0.491 e. The van der Waals surface area contributed by atoms with E-state index in [0.717, 1.165) is 220 Å². The number of hydrogen-bond acceptors (Lipinski definition) is 8. The molecule has 0 aliphatic heterocycles. The van der Waals surface area contributed by atoms with Crippen LogP contribution in [-0.2, 0) is 31.9 Å². The highest BCUT2D eigenvalue weighted by Crippen LogP contribution is 2.49. The molecule has 12 heteroatoms. The monoisotopic (exact) mass is 1630 g/mol. The highest BCUT2D eigenvalue weighted by Gasteiger charge is 2.53. The van der Waals surface area contributed by atoms with Gasteiger partial charge in [-0.1, -0.05) is 306 Å². The first-order valence-electron chi connectivity index (χ1n) is 46.5. The Morgan fingerprint density at radius 2 is 0.504 bits per heavy atom. The second-order valence-electron chi connectivity index (χ2n) is 33.0. The van der Waals surface area contributed by atoms with Gasteiger partial charge in [0.2, 0.25) is 0 Å². The molecule has 119 heavy (non-hydrogen) atoms. The summed E-state index contributed by atoms with van der Waals surface area (Å²) >= 11 is 0. The van der Waals surface area contributed by atoms with Crippen LogP contribution in [-0.4, -0.2) is 51.6 Å². The molecule has 2 aliphatic carbocycles. The van der Waals surface area contributed by atoms with Crippen molar-refractivity contribution in [2.75, 3.05) is 39.6 Å². The zero-order valence-corrected chi connectivity index (χ0v) is 72.7. The molecule has 6 aromatic carbocycles. The summed E-state index contributed by atoms with van der Waals surface area (Å²) in [6.45, 7) is 11.5. The summed E-state index contributed by atoms with van der Waals surface area (Å²) in [5.74, 6) is 23.7. The van der Waals surface area contributed by atoms with Crippen molar-refractivity contribution in [1.82, 2.24) is 0 Å². The molecule has 0 spiro atoms. The molecule has 0 amide bonds. The molecular formula is C107H138F4O8. The van der Waals surface area contributed by atoms with E-state index in [4.69, 9.17) is 28.4 Å². The van der Waals surface area contributed by atoms with Gasteiger partial charge in [0.25, 0.3) is 0 Å². The summed E-state index contributed by atoms with van der Waals surface area (Å²) < 4.78 is 95.6. The average molecular weight is 1630 g/mol. The van der Waals surface area contributed by atoms with Crippen LogP contribution in [0.1, 0.15) is 359 Å². The molecule has 2 bridgehead atoms. The van der Waals surface area contributed by atoms with Gasteiger partial charge in [0.15, 0.2) is 46.3 Å². The Labute approximate surface area is 714 Å². The first kappa shape index (κ1) is 95.6. The summed E-state index contributed by atoms with van der Waals surface area (Å²) in [5.41, 5.74) is 7.81. The Bertz CT molecular complexity index is 3990. The molecule has 1 fully saturated rings. The fourth-order valence-electron chi connectivity index (χ4n) is 15.9. The van der Waals surface area contributed by atoms with Gasteiger partial charge in [0.1, 0.15) is 0 Å². The molecule has 2 unspecified atom stereocenters. The smallest absolute Gasteiger partial charge is 0.310 e. The maximum Gasteiger partial charge on any atom is 0.310 e. The minimum absolute atomic E-state index is 0.00841. The molecule has 642 valence electrons. The molecule has 1 saturated carbocycles. The topological polar surface area (TPSA) is 89.5 Å². The van der Waals surface area contributed by atoms with Crippen molar-refractivity contribution >= 4 is 11.9 Å². The molecule has 0 N–H and O–H groups in total. The third kappa shape index (κ3) is 37.0. The second-order valence-corrected chi connectivity index (χ2v) is 33.0. The maximum atomic E-state index is 15.2. The third-order valence-corrected chi connectivity index (χ3v) is 23.0. The molecule has 6 aromatic rings. The summed E-state index contributed by atoms with van der Waals surface area (Å²) in [7, 11) is 0. The predicted molar refractivity (Wildman–Crippen MR) is 478 cm³/mol. The molecule has 8 nitrogen and oxygen atoms in total. The van der Waals surface area contributed by atoms with Crippen LogP contribution in [0.15, 0.2) is 121 Å². The number of allylic oxidation sites excluding steroid dienone is 2. The number of aryl methyl sites for hydroxylation is 2. The van der Waals surface area contributed by atoms with Gasteiger partial charge >= 0.3 is 11.9 Å². The number of benzene rings is 6. The molecular weight excluding hydrogens is 1490 g/mol. The number of hydrogen-bond donors (Lipinski definition) is 0. The van der Waals surface area contributed by atoms with Gasteiger partial charge in [-0.25, -0.2) is 17.6 Å². The third-order valence-electron chi connectivity index (χ3n) is 23.0. The van der Waals surface area contributed by atoms with E-state index in [2.05, 4.69) is 99.3 Å². The van der Waals surface area contributed by atoms with E-state index in [1.54, 1.807) is 36.4 Å². The number of fused-ring (bicyclic) bond motifs is 2. The van der Waals surface area contributed by atoms with Crippen molar-refractivity contribution in [1.29, 1.82) is 0 Å². The van der Waals surface area contributed by atoms with Crippen LogP contribution in [0.25, 0.3) is 0 Å². The Morgan fingerprint density at radius 3 is 0.773 bits per heavy atom. The molecule has 0 heterocycles. The molecule has 0 radical (unpaired) electrons. The molecule has 0 saturated heterocycles. The fraction of sp³-hybridized carbons (Fsp3) is 0.551. The van der Waals surface area contributed by atoms with E-state index < -0.39 is 35.1 Å². The van der Waals surface area contributed by atoms with E-state index >= 15 is 17.6 Å². The van der Waals surface area contributed by atoms with Crippen molar-refractivity contribution in [3.63, 3.8) is 0 Å². The summed E-state index contributed by atoms with van der Waals surface area (Å²) in [6, 6.07) is 31.7. The molecule has 2 aliphatic rings. The highest BCUT2D eigenvalue weighted by molar-refractivity contribution is 5.84. The number of carbonyl (C=O) groups excluding carboxylic acids is 2. The van der Waals surface area contributed by atoms with Crippen LogP contribution in [0.2, 0.25) is 0 Å². The van der Waals surface area contributed by atoms with Gasteiger partial charge in [0.05, 0.1) is 51.5 Å². The quantitative estimate of drug-likeness (QED) is 0.0123. The lowest BCUT2D eigenvalue weighted by Crippen LogP contribution is -2.35. The molecule has 0 aromatic heterocycles. The van der Waals surface area contributed by atoms with Gasteiger partial charge in [-0.2, -0.15) is 0 Å². The van der Waals surface area contributed by atoms with Gasteiger partial charge in [0, 0.05) is 44.5 Å². The molecule has 4 atom stereocenters. The van der Waals surface area contributed by atoms with Crippen LogP contribution < -0.4 is 18.9 Å². The minimum atomic E-state index is -0.492. The summed E-state index contributed by atoms with van der Waals surface area (Å²) in [4.78, 5) is 27.3. The van der Waals surface area contributed by atoms with Crippen LogP contribution in [0.4, 0.5) is 17.6 Å². The van der Waals surface area contributed by atoms with E-state index in [0.29, 0.717) is 61.9 Å². The van der Waals surface area contributed by atoms with Crippen LogP contribution in [0.3, 0.4) is 0 Å². The van der Waals surface area contributed by atoms with E-state index in [-0.39, 0.29) is 46.8 Å². The lowest BCUT2D eigenvalue weighted by atomic mass is 9.83. The number of unbranched alkanes of at least 4 members (excludes halogenated alkanes) is 36. The number of halogens is 4. The summed E-state index contributed by atoms with van der Waals surface area (Å²) in [5, 5.41) is 0. The van der Waals surface area contributed by atoms with E-state index in [9.17, 15) is 9.59 Å². The normalized spacial score (nSPS) is 14.3. The van der Waals surface area contributed by atoms with Crippen LogP contribution in [0, 0.1) is 94.3 Å². The number of ether oxygens (including phenoxy) is 6. The van der Waals surface area contributed by atoms with Gasteiger partial charge in [-0.15, -0.1) is 0 Å². The zero-order chi connectivity index (χ0) is 84.0. The Kier molecular flexibility index (Phi) is 46.7.